The van der Waals surface area contributed by atoms with Gasteiger partial charge in [-0.15, -0.1) is 0 Å². The van der Waals surface area contributed by atoms with Crippen LogP contribution in [0.5, 0.6) is 0 Å². The van der Waals surface area contributed by atoms with Crippen LogP contribution in [-0.4, -0.2) is 16.1 Å². The second-order valence-corrected chi connectivity index (χ2v) is 4.16. The molecule has 0 saturated heterocycles. The zero-order valence-corrected chi connectivity index (χ0v) is 10.4. The van der Waals surface area contributed by atoms with Crippen molar-refractivity contribution in [2.75, 3.05) is 5.32 Å². The summed E-state index contributed by atoms with van der Waals surface area (Å²) in [4.78, 5) is 11.7. The topological polar surface area (TPSA) is 57.8 Å². The van der Waals surface area contributed by atoms with Crippen LogP contribution in [0.4, 0.5) is 5.82 Å². The molecule has 1 aromatic carbocycles. The van der Waals surface area contributed by atoms with Crippen molar-refractivity contribution in [3.05, 3.63) is 53.2 Å². The van der Waals surface area contributed by atoms with Gasteiger partial charge in [0.15, 0.2) is 0 Å². The van der Waals surface area contributed by atoms with E-state index in [9.17, 15) is 4.79 Å². The molecule has 0 fully saturated rings. The Morgan fingerprint density at radius 1 is 1.28 bits per heavy atom. The lowest BCUT2D eigenvalue weighted by Crippen LogP contribution is -2.08. The summed E-state index contributed by atoms with van der Waals surface area (Å²) in [5, 5.41) is 9.29. The Kier molecular flexibility index (Phi) is 3.57. The molecule has 4 heteroatoms. The Labute approximate surface area is 106 Å². The standard InChI is InChI=1S/C14H15N3O/c1-10-3-5-12(6-4-10)7-8-13(18)16-14-11(2)9-15-17-14/h3-9H,1-2H3,(H2,15,16,17,18)/b8-7+. The van der Waals surface area contributed by atoms with Crippen molar-refractivity contribution in [2.24, 2.45) is 0 Å². The number of H-pyrrole nitrogens is 1. The van der Waals surface area contributed by atoms with Crippen molar-refractivity contribution < 1.29 is 4.79 Å². The van der Waals surface area contributed by atoms with Crippen LogP contribution in [0.25, 0.3) is 6.08 Å². The molecule has 0 radical (unpaired) electrons. The van der Waals surface area contributed by atoms with Gasteiger partial charge in [-0.1, -0.05) is 29.8 Å². The minimum absolute atomic E-state index is 0.178. The lowest BCUT2D eigenvalue weighted by Gasteiger charge is -1.99. The lowest BCUT2D eigenvalue weighted by molar-refractivity contribution is -0.111. The monoisotopic (exact) mass is 241 g/mol. The van der Waals surface area contributed by atoms with E-state index in [1.807, 2.05) is 38.1 Å². The van der Waals surface area contributed by atoms with Gasteiger partial charge in [0.05, 0.1) is 6.20 Å². The fraction of sp³-hybridized carbons (Fsp3) is 0.143. The highest BCUT2D eigenvalue weighted by atomic mass is 16.1. The molecular weight excluding hydrogens is 226 g/mol. The summed E-state index contributed by atoms with van der Waals surface area (Å²) in [7, 11) is 0. The zero-order valence-electron chi connectivity index (χ0n) is 10.4. The minimum Gasteiger partial charge on any atom is -0.307 e. The highest BCUT2D eigenvalue weighted by Gasteiger charge is 2.02. The first-order chi connectivity index (χ1) is 8.65. The van der Waals surface area contributed by atoms with Gasteiger partial charge in [0, 0.05) is 11.6 Å². The van der Waals surface area contributed by atoms with Crippen molar-refractivity contribution in [1.82, 2.24) is 10.2 Å². The Morgan fingerprint density at radius 3 is 2.61 bits per heavy atom. The zero-order chi connectivity index (χ0) is 13.0. The summed E-state index contributed by atoms with van der Waals surface area (Å²) in [6.45, 7) is 3.91. The van der Waals surface area contributed by atoms with E-state index < -0.39 is 0 Å². The second-order valence-electron chi connectivity index (χ2n) is 4.16. The predicted octanol–water partition coefficient (Wildman–Crippen LogP) is 2.68. The fourth-order valence-corrected chi connectivity index (χ4v) is 1.49. The first-order valence-electron chi connectivity index (χ1n) is 5.71. The number of anilines is 1. The van der Waals surface area contributed by atoms with E-state index in [-0.39, 0.29) is 5.91 Å². The Morgan fingerprint density at radius 2 is 2.00 bits per heavy atom. The highest BCUT2D eigenvalue weighted by Crippen LogP contribution is 2.09. The van der Waals surface area contributed by atoms with Gasteiger partial charge in [-0.3, -0.25) is 9.89 Å². The molecule has 0 saturated carbocycles. The predicted molar refractivity (Wildman–Crippen MR) is 72.2 cm³/mol. The number of nitrogens with zero attached hydrogens (tertiary/aromatic N) is 1. The van der Waals surface area contributed by atoms with Crippen LogP contribution in [0, 0.1) is 13.8 Å². The van der Waals surface area contributed by atoms with E-state index in [0.717, 1.165) is 11.1 Å². The molecule has 1 heterocycles. The van der Waals surface area contributed by atoms with Gasteiger partial charge in [-0.2, -0.15) is 5.10 Å². The number of hydrogen-bond donors (Lipinski definition) is 2. The van der Waals surface area contributed by atoms with Crippen LogP contribution >= 0.6 is 0 Å². The number of hydrogen-bond acceptors (Lipinski definition) is 2. The third-order valence-corrected chi connectivity index (χ3v) is 2.58. The summed E-state index contributed by atoms with van der Waals surface area (Å²) in [6.07, 6.45) is 4.95. The average molecular weight is 241 g/mol. The summed E-state index contributed by atoms with van der Waals surface area (Å²) >= 11 is 0. The molecule has 0 atom stereocenters. The summed E-state index contributed by atoms with van der Waals surface area (Å²) in [5.74, 6) is 0.455. The maximum absolute atomic E-state index is 11.7. The number of benzene rings is 1. The molecule has 0 unspecified atom stereocenters. The molecule has 1 aromatic heterocycles. The molecule has 18 heavy (non-hydrogen) atoms. The van der Waals surface area contributed by atoms with E-state index in [1.165, 1.54) is 11.6 Å². The van der Waals surface area contributed by atoms with Gasteiger partial charge in [-0.25, -0.2) is 0 Å². The number of amides is 1. The molecular formula is C14H15N3O. The number of carbonyl (C=O) groups excluding carboxylic acids is 1. The molecule has 1 amide bonds. The fourth-order valence-electron chi connectivity index (χ4n) is 1.49. The smallest absolute Gasteiger partial charge is 0.249 e. The van der Waals surface area contributed by atoms with Gasteiger partial charge < -0.3 is 5.32 Å². The molecule has 2 aromatic rings. The largest absolute Gasteiger partial charge is 0.307 e. The number of nitrogens with one attached hydrogen (secondary N) is 2. The van der Waals surface area contributed by atoms with Crippen LogP contribution in [0.15, 0.2) is 36.5 Å². The molecule has 2 N–H and O–H groups in total. The van der Waals surface area contributed by atoms with Gasteiger partial charge in [-0.05, 0) is 25.5 Å². The second kappa shape index (κ2) is 5.31. The molecule has 0 aliphatic rings. The van der Waals surface area contributed by atoms with Crippen LogP contribution < -0.4 is 5.32 Å². The first kappa shape index (κ1) is 12.1. The van der Waals surface area contributed by atoms with Crippen molar-refractivity contribution in [3.8, 4) is 0 Å². The maximum Gasteiger partial charge on any atom is 0.249 e. The Balaban J connectivity index is 1.99. The van der Waals surface area contributed by atoms with E-state index in [0.29, 0.717) is 5.82 Å². The van der Waals surface area contributed by atoms with E-state index >= 15 is 0 Å². The average Bonchev–Trinajstić information content (AvgIpc) is 2.74. The number of aromatic nitrogens is 2. The molecule has 0 bridgehead atoms. The maximum atomic E-state index is 11.7. The molecule has 0 aliphatic carbocycles. The molecule has 2 rings (SSSR count). The normalized spacial score (nSPS) is 10.8. The van der Waals surface area contributed by atoms with Gasteiger partial charge in [0.1, 0.15) is 5.82 Å². The Bertz CT molecular complexity index is 567. The number of carbonyl (C=O) groups is 1. The van der Waals surface area contributed by atoms with E-state index in [2.05, 4.69) is 15.5 Å². The van der Waals surface area contributed by atoms with Crippen LogP contribution in [0.1, 0.15) is 16.7 Å². The molecule has 0 aliphatic heterocycles. The SMILES string of the molecule is Cc1ccc(/C=C/C(=O)Nc2[nH]ncc2C)cc1. The Hall–Kier alpha value is -2.36. The van der Waals surface area contributed by atoms with E-state index in [4.69, 9.17) is 0 Å². The van der Waals surface area contributed by atoms with Crippen LogP contribution in [0.2, 0.25) is 0 Å². The molecule has 0 spiro atoms. The van der Waals surface area contributed by atoms with Crippen LogP contribution in [0.3, 0.4) is 0 Å². The number of aryl methyl sites for hydroxylation is 2. The highest BCUT2D eigenvalue weighted by molar-refractivity contribution is 6.01. The lowest BCUT2D eigenvalue weighted by atomic mass is 10.1. The van der Waals surface area contributed by atoms with Crippen molar-refractivity contribution >= 4 is 17.8 Å². The van der Waals surface area contributed by atoms with Gasteiger partial charge >= 0.3 is 0 Å². The number of aromatic amines is 1. The third-order valence-electron chi connectivity index (χ3n) is 2.58. The van der Waals surface area contributed by atoms with Crippen molar-refractivity contribution in [3.63, 3.8) is 0 Å². The molecule has 4 nitrogen and oxygen atoms in total. The quantitative estimate of drug-likeness (QED) is 0.812. The van der Waals surface area contributed by atoms with Gasteiger partial charge in [0.2, 0.25) is 5.91 Å². The van der Waals surface area contributed by atoms with E-state index in [1.54, 1.807) is 12.3 Å². The third kappa shape index (κ3) is 3.07. The summed E-state index contributed by atoms with van der Waals surface area (Å²) < 4.78 is 0. The van der Waals surface area contributed by atoms with Gasteiger partial charge in [0.25, 0.3) is 0 Å². The van der Waals surface area contributed by atoms with Crippen molar-refractivity contribution in [1.29, 1.82) is 0 Å². The van der Waals surface area contributed by atoms with Crippen LogP contribution in [-0.2, 0) is 4.79 Å². The summed E-state index contributed by atoms with van der Waals surface area (Å²) in [5.41, 5.74) is 3.11. The summed E-state index contributed by atoms with van der Waals surface area (Å²) in [6, 6.07) is 7.97. The minimum atomic E-state index is -0.178. The van der Waals surface area contributed by atoms with Crippen molar-refractivity contribution in [2.45, 2.75) is 13.8 Å². The number of rotatable bonds is 3. The molecule has 92 valence electrons. The first-order valence-corrected chi connectivity index (χ1v) is 5.71.